The molecule has 0 unspecified atom stereocenters. The lowest BCUT2D eigenvalue weighted by molar-refractivity contribution is -0.141. The minimum absolute atomic E-state index is 0.268. The van der Waals surface area contributed by atoms with Crippen molar-refractivity contribution in [1.82, 2.24) is 10.6 Å². The van der Waals surface area contributed by atoms with Crippen LogP contribution in [-0.2, 0) is 16.1 Å². The lowest BCUT2D eigenvalue weighted by Gasteiger charge is -2.22. The highest BCUT2D eigenvalue weighted by molar-refractivity contribution is 6.31. The second kappa shape index (κ2) is 7.29. The molecule has 0 atom stereocenters. The van der Waals surface area contributed by atoms with E-state index in [1.165, 1.54) is 0 Å². The predicted molar refractivity (Wildman–Crippen MR) is 80.4 cm³/mol. The molecule has 2 N–H and O–H groups in total. The minimum Gasteiger partial charge on any atom is -0.355 e. The topological polar surface area (TPSA) is 58.2 Å². The van der Waals surface area contributed by atoms with E-state index in [0.717, 1.165) is 12.0 Å². The van der Waals surface area contributed by atoms with Crippen molar-refractivity contribution < 1.29 is 9.59 Å². The van der Waals surface area contributed by atoms with Crippen LogP contribution in [0.4, 0.5) is 0 Å². The molecule has 1 aromatic carbocycles. The minimum atomic E-state index is -1.10. The van der Waals surface area contributed by atoms with Gasteiger partial charge in [-0.25, -0.2) is 0 Å². The highest BCUT2D eigenvalue weighted by Crippen LogP contribution is 2.18. The Kier molecular flexibility index (Phi) is 6.02. The van der Waals surface area contributed by atoms with Gasteiger partial charge >= 0.3 is 0 Å². The Balaban J connectivity index is 2.61. The van der Waals surface area contributed by atoms with Crippen LogP contribution in [0.25, 0.3) is 0 Å². The first-order valence-corrected chi connectivity index (χ1v) is 7.07. The van der Waals surface area contributed by atoms with Crippen molar-refractivity contribution in [3.8, 4) is 0 Å². The number of carbonyl (C=O) groups is 2. The average molecular weight is 297 g/mol. The summed E-state index contributed by atoms with van der Waals surface area (Å²) in [5, 5.41) is 6.09. The predicted octanol–water partition coefficient (Wildman–Crippen LogP) is 2.51. The second-order valence-corrected chi connectivity index (χ2v) is 5.56. The fourth-order valence-electron chi connectivity index (χ4n) is 1.60. The van der Waals surface area contributed by atoms with Crippen LogP contribution in [0.15, 0.2) is 24.3 Å². The van der Waals surface area contributed by atoms with Gasteiger partial charge in [0.15, 0.2) is 0 Å². The van der Waals surface area contributed by atoms with E-state index in [-0.39, 0.29) is 11.8 Å². The van der Waals surface area contributed by atoms with E-state index < -0.39 is 5.41 Å². The SMILES string of the molecule is CCCNC(=O)C(C)(C)C(=O)NCc1ccccc1Cl. The fourth-order valence-corrected chi connectivity index (χ4v) is 1.80. The Morgan fingerprint density at radius 1 is 1.15 bits per heavy atom. The molecular formula is C15H21ClN2O2. The smallest absolute Gasteiger partial charge is 0.235 e. The van der Waals surface area contributed by atoms with E-state index in [0.29, 0.717) is 18.1 Å². The summed E-state index contributed by atoms with van der Waals surface area (Å²) in [6.07, 6.45) is 0.836. The Labute approximate surface area is 124 Å². The molecule has 5 heteroatoms. The van der Waals surface area contributed by atoms with Gasteiger partial charge in [0, 0.05) is 18.1 Å². The number of halogens is 1. The van der Waals surface area contributed by atoms with Crippen molar-refractivity contribution in [2.75, 3.05) is 6.54 Å². The van der Waals surface area contributed by atoms with Crippen molar-refractivity contribution >= 4 is 23.4 Å². The summed E-state index contributed by atoms with van der Waals surface area (Å²) < 4.78 is 0. The third-order valence-corrected chi connectivity index (χ3v) is 3.44. The Morgan fingerprint density at radius 2 is 1.75 bits per heavy atom. The first-order valence-electron chi connectivity index (χ1n) is 6.69. The number of benzene rings is 1. The average Bonchev–Trinajstić information content (AvgIpc) is 2.43. The van der Waals surface area contributed by atoms with Gasteiger partial charge < -0.3 is 10.6 Å². The van der Waals surface area contributed by atoms with E-state index in [1.807, 2.05) is 25.1 Å². The van der Waals surface area contributed by atoms with E-state index >= 15 is 0 Å². The molecule has 0 spiro atoms. The third-order valence-electron chi connectivity index (χ3n) is 3.07. The molecule has 0 bridgehead atoms. The van der Waals surface area contributed by atoms with Gasteiger partial charge in [-0.05, 0) is 31.9 Å². The molecule has 0 fully saturated rings. The van der Waals surface area contributed by atoms with Crippen LogP contribution < -0.4 is 10.6 Å². The number of nitrogens with one attached hydrogen (secondary N) is 2. The van der Waals surface area contributed by atoms with Crippen molar-refractivity contribution in [3.05, 3.63) is 34.9 Å². The molecule has 20 heavy (non-hydrogen) atoms. The maximum Gasteiger partial charge on any atom is 0.235 e. The fraction of sp³-hybridized carbons (Fsp3) is 0.467. The van der Waals surface area contributed by atoms with Crippen LogP contribution in [0.5, 0.6) is 0 Å². The molecule has 0 saturated carbocycles. The lowest BCUT2D eigenvalue weighted by atomic mass is 9.91. The molecule has 1 rings (SSSR count). The van der Waals surface area contributed by atoms with Crippen LogP contribution >= 0.6 is 11.6 Å². The Morgan fingerprint density at radius 3 is 2.35 bits per heavy atom. The molecule has 110 valence electrons. The molecule has 1 aromatic rings. The summed E-state index contributed by atoms with van der Waals surface area (Å²) >= 11 is 6.02. The van der Waals surface area contributed by atoms with Gasteiger partial charge in [0.2, 0.25) is 11.8 Å². The van der Waals surface area contributed by atoms with Crippen LogP contribution in [0, 0.1) is 5.41 Å². The van der Waals surface area contributed by atoms with Crippen LogP contribution in [0.1, 0.15) is 32.8 Å². The van der Waals surface area contributed by atoms with Gasteiger partial charge in [-0.1, -0.05) is 36.7 Å². The van der Waals surface area contributed by atoms with Crippen molar-refractivity contribution in [1.29, 1.82) is 0 Å². The van der Waals surface area contributed by atoms with E-state index in [9.17, 15) is 9.59 Å². The van der Waals surface area contributed by atoms with E-state index in [2.05, 4.69) is 10.6 Å². The standard InChI is InChI=1S/C15H21ClN2O2/c1-4-9-17-13(19)15(2,3)14(20)18-10-11-7-5-6-8-12(11)16/h5-8H,4,9-10H2,1-3H3,(H,17,19)(H,18,20). The lowest BCUT2D eigenvalue weighted by Crippen LogP contribution is -2.47. The third kappa shape index (κ3) is 4.23. The van der Waals surface area contributed by atoms with Gasteiger partial charge in [0.25, 0.3) is 0 Å². The number of amides is 2. The summed E-state index contributed by atoms with van der Waals surface area (Å²) in [7, 11) is 0. The van der Waals surface area contributed by atoms with Crippen molar-refractivity contribution in [2.45, 2.75) is 33.7 Å². The zero-order chi connectivity index (χ0) is 15.2. The molecule has 4 nitrogen and oxygen atoms in total. The summed E-state index contributed by atoms with van der Waals surface area (Å²) in [4.78, 5) is 24.1. The van der Waals surface area contributed by atoms with E-state index in [4.69, 9.17) is 11.6 Å². The van der Waals surface area contributed by atoms with Gasteiger partial charge in [0.05, 0.1) is 0 Å². The second-order valence-electron chi connectivity index (χ2n) is 5.15. The van der Waals surface area contributed by atoms with Gasteiger partial charge in [0.1, 0.15) is 5.41 Å². The summed E-state index contributed by atoms with van der Waals surface area (Å²) in [6.45, 7) is 6.06. The van der Waals surface area contributed by atoms with Gasteiger partial charge in [-0.3, -0.25) is 9.59 Å². The van der Waals surface area contributed by atoms with Crippen LogP contribution in [0.2, 0.25) is 5.02 Å². The molecule has 0 aliphatic rings. The normalized spacial score (nSPS) is 11.0. The maximum absolute atomic E-state index is 12.1. The van der Waals surface area contributed by atoms with Crippen LogP contribution in [-0.4, -0.2) is 18.4 Å². The highest BCUT2D eigenvalue weighted by atomic mass is 35.5. The van der Waals surface area contributed by atoms with E-state index in [1.54, 1.807) is 19.9 Å². The van der Waals surface area contributed by atoms with Gasteiger partial charge in [-0.15, -0.1) is 0 Å². The number of carbonyl (C=O) groups excluding carboxylic acids is 2. The zero-order valence-electron chi connectivity index (χ0n) is 12.1. The summed E-state index contributed by atoms with van der Waals surface area (Å²) in [5.74, 6) is -0.581. The number of hydrogen-bond donors (Lipinski definition) is 2. The van der Waals surface area contributed by atoms with Gasteiger partial charge in [-0.2, -0.15) is 0 Å². The molecule has 2 amide bonds. The summed E-state index contributed by atoms with van der Waals surface area (Å²) in [5.41, 5.74) is -0.275. The molecule has 0 saturated heterocycles. The molecule has 0 aliphatic heterocycles. The number of hydrogen-bond acceptors (Lipinski definition) is 2. The van der Waals surface area contributed by atoms with Crippen molar-refractivity contribution in [2.24, 2.45) is 5.41 Å². The summed E-state index contributed by atoms with van der Waals surface area (Å²) in [6, 6.07) is 7.29. The monoisotopic (exact) mass is 296 g/mol. The Bertz CT molecular complexity index is 487. The highest BCUT2D eigenvalue weighted by Gasteiger charge is 2.35. The Hall–Kier alpha value is -1.55. The maximum atomic E-state index is 12.1. The molecule has 0 heterocycles. The quantitative estimate of drug-likeness (QED) is 0.793. The largest absolute Gasteiger partial charge is 0.355 e. The van der Waals surface area contributed by atoms with Crippen molar-refractivity contribution in [3.63, 3.8) is 0 Å². The molecule has 0 aromatic heterocycles. The van der Waals surface area contributed by atoms with Crippen LogP contribution in [0.3, 0.4) is 0 Å². The first-order chi connectivity index (χ1) is 9.39. The first kappa shape index (κ1) is 16.5. The zero-order valence-corrected chi connectivity index (χ0v) is 12.9. The molecule has 0 aliphatic carbocycles. The molecule has 0 radical (unpaired) electrons. The number of rotatable bonds is 6. The molecular weight excluding hydrogens is 276 g/mol.